The number of hydrogen-bond donors (Lipinski definition) is 1. The number of amides is 1. The van der Waals surface area contributed by atoms with Gasteiger partial charge in [-0.2, -0.15) is 13.2 Å². The predicted octanol–water partition coefficient (Wildman–Crippen LogP) is 3.81. The number of aromatic nitrogens is 1. The number of pyridine rings is 1. The van der Waals surface area contributed by atoms with Crippen LogP contribution in [0, 0.1) is 0 Å². The summed E-state index contributed by atoms with van der Waals surface area (Å²) in [6.07, 6.45) is -0.144. The summed E-state index contributed by atoms with van der Waals surface area (Å²) in [5.74, 6) is -0.170. The van der Waals surface area contributed by atoms with Crippen LogP contribution < -0.4 is 5.32 Å². The van der Waals surface area contributed by atoms with Crippen molar-refractivity contribution in [1.82, 2.24) is 15.2 Å². The quantitative estimate of drug-likeness (QED) is 0.843. The fourth-order valence-electron chi connectivity index (χ4n) is 3.53. The first-order valence-electron chi connectivity index (χ1n) is 9.50. The van der Waals surface area contributed by atoms with Crippen LogP contribution in [0.3, 0.4) is 0 Å². The Morgan fingerprint density at radius 1 is 1.14 bits per heavy atom. The second-order valence-electron chi connectivity index (χ2n) is 7.05. The topological polar surface area (TPSA) is 45.2 Å². The number of benzene rings is 1. The highest BCUT2D eigenvalue weighted by Crippen LogP contribution is 2.30. The molecule has 1 aromatic carbocycles. The average Bonchev–Trinajstić information content (AvgIpc) is 2.96. The molecule has 2 heterocycles. The molecule has 1 N–H and O–H groups in total. The molecule has 0 saturated carbocycles. The van der Waals surface area contributed by atoms with Crippen LogP contribution >= 0.6 is 0 Å². The molecule has 1 fully saturated rings. The number of carbonyl (C=O) groups excluding carboxylic acids is 1. The zero-order valence-electron chi connectivity index (χ0n) is 15.6. The Kier molecular flexibility index (Phi) is 6.67. The van der Waals surface area contributed by atoms with Gasteiger partial charge in [-0.1, -0.05) is 24.3 Å². The predicted molar refractivity (Wildman–Crippen MR) is 100 cm³/mol. The second-order valence-corrected chi connectivity index (χ2v) is 7.05. The summed E-state index contributed by atoms with van der Waals surface area (Å²) in [5.41, 5.74) is 0.419. The molecule has 1 aliphatic rings. The first-order valence-corrected chi connectivity index (χ1v) is 9.50. The van der Waals surface area contributed by atoms with Gasteiger partial charge in [-0.05, 0) is 56.1 Å². The first kappa shape index (κ1) is 20.3. The van der Waals surface area contributed by atoms with Gasteiger partial charge in [0.1, 0.15) is 0 Å². The van der Waals surface area contributed by atoms with E-state index in [0.29, 0.717) is 12.1 Å². The summed E-state index contributed by atoms with van der Waals surface area (Å²) in [6, 6.07) is 10.6. The molecule has 1 unspecified atom stereocenters. The van der Waals surface area contributed by atoms with E-state index in [9.17, 15) is 18.0 Å². The molecule has 0 aliphatic carbocycles. The van der Waals surface area contributed by atoms with E-state index >= 15 is 0 Å². The number of nitrogens with one attached hydrogen (secondary N) is 1. The molecule has 4 nitrogen and oxygen atoms in total. The molecule has 0 bridgehead atoms. The smallest absolute Gasteiger partial charge is 0.333 e. The van der Waals surface area contributed by atoms with Crippen LogP contribution in [0.5, 0.6) is 0 Å². The van der Waals surface area contributed by atoms with E-state index in [1.54, 1.807) is 17.2 Å². The second kappa shape index (κ2) is 9.19. The van der Waals surface area contributed by atoms with Gasteiger partial charge >= 0.3 is 6.18 Å². The van der Waals surface area contributed by atoms with Crippen LogP contribution in [0.4, 0.5) is 13.2 Å². The summed E-state index contributed by atoms with van der Waals surface area (Å²) >= 11 is 0. The Labute approximate surface area is 162 Å². The van der Waals surface area contributed by atoms with Crippen LogP contribution in [-0.2, 0) is 23.9 Å². The molecule has 1 aliphatic heterocycles. The standard InChI is InChI=1S/C21H24F3N3O/c22-21(23,24)17-6-3-5-16(13-17)14-20(28)27(15-18-7-1-2-11-26-18)19-8-4-10-25-12-9-19/h1-3,5-7,11,13,19,25H,4,8-10,12,14-15H2. The Balaban J connectivity index is 1.79. The van der Waals surface area contributed by atoms with E-state index in [0.717, 1.165) is 50.2 Å². The minimum atomic E-state index is -4.42. The largest absolute Gasteiger partial charge is 0.416 e. The van der Waals surface area contributed by atoms with Gasteiger partial charge in [-0.3, -0.25) is 9.78 Å². The maximum atomic E-state index is 13.1. The van der Waals surface area contributed by atoms with Crippen LogP contribution in [0.1, 0.15) is 36.1 Å². The SMILES string of the molecule is O=C(Cc1cccc(C(F)(F)F)c1)N(Cc1ccccn1)C1CCCNCC1. The Morgan fingerprint density at radius 2 is 2.00 bits per heavy atom. The van der Waals surface area contributed by atoms with Gasteiger partial charge in [-0.25, -0.2) is 0 Å². The highest BCUT2D eigenvalue weighted by molar-refractivity contribution is 5.79. The molecule has 0 spiro atoms. The number of halogens is 3. The van der Waals surface area contributed by atoms with E-state index < -0.39 is 11.7 Å². The summed E-state index contributed by atoms with van der Waals surface area (Å²) in [6.45, 7) is 2.10. The van der Waals surface area contributed by atoms with Crippen LogP contribution in [-0.4, -0.2) is 34.9 Å². The lowest BCUT2D eigenvalue weighted by molar-refractivity contribution is -0.138. The van der Waals surface area contributed by atoms with Gasteiger partial charge < -0.3 is 10.2 Å². The third-order valence-electron chi connectivity index (χ3n) is 4.97. The molecule has 28 heavy (non-hydrogen) atoms. The van der Waals surface area contributed by atoms with E-state index in [2.05, 4.69) is 10.3 Å². The summed E-state index contributed by atoms with van der Waals surface area (Å²) in [4.78, 5) is 19.2. The number of hydrogen-bond acceptors (Lipinski definition) is 3. The lowest BCUT2D eigenvalue weighted by Gasteiger charge is -2.31. The number of rotatable bonds is 5. The van der Waals surface area contributed by atoms with Crippen LogP contribution in [0.2, 0.25) is 0 Å². The van der Waals surface area contributed by atoms with Crippen molar-refractivity contribution in [2.45, 2.75) is 44.4 Å². The van der Waals surface area contributed by atoms with E-state index in [1.807, 2.05) is 18.2 Å². The normalized spacial score (nSPS) is 17.8. The van der Waals surface area contributed by atoms with Gasteiger partial charge in [0.25, 0.3) is 0 Å². The fraction of sp³-hybridized carbons (Fsp3) is 0.429. The number of alkyl halides is 3. The molecule has 1 amide bonds. The highest BCUT2D eigenvalue weighted by atomic mass is 19.4. The summed E-state index contributed by atoms with van der Waals surface area (Å²) in [5, 5.41) is 3.33. The highest BCUT2D eigenvalue weighted by Gasteiger charge is 2.31. The zero-order valence-corrected chi connectivity index (χ0v) is 15.6. The van der Waals surface area contributed by atoms with Crippen molar-refractivity contribution in [2.24, 2.45) is 0 Å². The summed E-state index contributed by atoms with van der Waals surface area (Å²) < 4.78 is 38.9. The zero-order chi connectivity index (χ0) is 20.0. The van der Waals surface area contributed by atoms with Crippen molar-refractivity contribution in [2.75, 3.05) is 13.1 Å². The van der Waals surface area contributed by atoms with Crippen molar-refractivity contribution in [3.05, 3.63) is 65.5 Å². The molecule has 1 atom stereocenters. The van der Waals surface area contributed by atoms with Gasteiger partial charge in [-0.15, -0.1) is 0 Å². The number of carbonyl (C=O) groups is 1. The number of nitrogens with zero attached hydrogens (tertiary/aromatic N) is 2. The molecule has 150 valence electrons. The maximum absolute atomic E-state index is 13.1. The molecule has 7 heteroatoms. The minimum Gasteiger partial charge on any atom is -0.333 e. The molecule has 2 aromatic rings. The monoisotopic (exact) mass is 391 g/mol. The van der Waals surface area contributed by atoms with Gasteiger partial charge in [0, 0.05) is 12.2 Å². The van der Waals surface area contributed by atoms with E-state index in [1.165, 1.54) is 6.07 Å². The van der Waals surface area contributed by atoms with Crippen molar-refractivity contribution >= 4 is 5.91 Å². The van der Waals surface area contributed by atoms with Crippen molar-refractivity contribution in [3.63, 3.8) is 0 Å². The third kappa shape index (κ3) is 5.55. The van der Waals surface area contributed by atoms with Crippen LogP contribution in [0.15, 0.2) is 48.7 Å². The van der Waals surface area contributed by atoms with Crippen LogP contribution in [0.25, 0.3) is 0 Å². The Morgan fingerprint density at radius 3 is 2.75 bits per heavy atom. The van der Waals surface area contributed by atoms with Crippen molar-refractivity contribution in [3.8, 4) is 0 Å². The molecule has 1 saturated heterocycles. The van der Waals surface area contributed by atoms with Crippen molar-refractivity contribution in [1.29, 1.82) is 0 Å². The third-order valence-corrected chi connectivity index (χ3v) is 4.97. The first-order chi connectivity index (χ1) is 13.4. The van der Waals surface area contributed by atoms with Gasteiger partial charge in [0.2, 0.25) is 5.91 Å². The molecule has 1 aromatic heterocycles. The summed E-state index contributed by atoms with van der Waals surface area (Å²) in [7, 11) is 0. The fourth-order valence-corrected chi connectivity index (χ4v) is 3.53. The van der Waals surface area contributed by atoms with E-state index in [-0.39, 0.29) is 18.4 Å². The molecule has 3 rings (SSSR count). The minimum absolute atomic E-state index is 0.0512. The molecular formula is C21H24F3N3O. The van der Waals surface area contributed by atoms with Crippen molar-refractivity contribution < 1.29 is 18.0 Å². The molecule has 0 radical (unpaired) electrons. The Bertz CT molecular complexity index is 772. The Hall–Kier alpha value is -2.41. The van der Waals surface area contributed by atoms with Gasteiger partial charge in [0.15, 0.2) is 0 Å². The van der Waals surface area contributed by atoms with Gasteiger partial charge in [0.05, 0.1) is 24.2 Å². The average molecular weight is 391 g/mol. The lowest BCUT2D eigenvalue weighted by Crippen LogP contribution is -2.41. The van der Waals surface area contributed by atoms with E-state index in [4.69, 9.17) is 0 Å². The molecular weight excluding hydrogens is 367 g/mol. The maximum Gasteiger partial charge on any atom is 0.416 e. The lowest BCUT2D eigenvalue weighted by atomic mass is 10.0.